The molecule has 5 heteroatoms. The maximum Gasteiger partial charge on any atom is 0.348 e. The molecule has 98 valence electrons. The van der Waals surface area contributed by atoms with E-state index >= 15 is 0 Å². The molecule has 2 aromatic rings. The van der Waals surface area contributed by atoms with E-state index in [-0.39, 0.29) is 17.1 Å². The van der Waals surface area contributed by atoms with E-state index in [4.69, 9.17) is 4.42 Å². The summed E-state index contributed by atoms with van der Waals surface area (Å²) in [5, 5.41) is 9.76. The van der Waals surface area contributed by atoms with E-state index in [0.717, 1.165) is 0 Å². The van der Waals surface area contributed by atoms with Gasteiger partial charge in [0.2, 0.25) is 0 Å². The average Bonchev–Trinajstić information content (AvgIpc) is 2.30. The van der Waals surface area contributed by atoms with Crippen molar-refractivity contribution in [2.45, 2.75) is 13.8 Å². The third kappa shape index (κ3) is 2.88. The Morgan fingerprint density at radius 3 is 2.53 bits per heavy atom. The molecule has 0 amide bonds. The topological polar surface area (TPSA) is 62.8 Å². The van der Waals surface area contributed by atoms with Gasteiger partial charge in [-0.1, -0.05) is 0 Å². The first kappa shape index (κ1) is 13.0. The van der Waals surface area contributed by atoms with Crippen LogP contribution in [0.5, 0.6) is 5.75 Å². The number of benzene rings is 1. The molecule has 0 atom stereocenters. The molecule has 2 rings (SSSR count). The summed E-state index contributed by atoms with van der Waals surface area (Å²) < 4.78 is 17.7. The lowest BCUT2D eigenvalue weighted by atomic mass is 10.1. The molecular formula is C14H12FNO3. The summed E-state index contributed by atoms with van der Waals surface area (Å²) in [7, 11) is 0. The molecule has 0 bridgehead atoms. The van der Waals surface area contributed by atoms with Crippen LogP contribution in [0.3, 0.4) is 0 Å². The summed E-state index contributed by atoms with van der Waals surface area (Å²) in [6, 6.07) is 6.84. The van der Waals surface area contributed by atoms with Crippen molar-refractivity contribution in [3.05, 3.63) is 57.9 Å². The van der Waals surface area contributed by atoms with Crippen LogP contribution < -0.4 is 5.63 Å². The summed E-state index contributed by atoms with van der Waals surface area (Å²) in [4.78, 5) is 15.8. The number of nitrogens with zero attached hydrogens (tertiary/aromatic N) is 1. The third-order valence-corrected chi connectivity index (χ3v) is 2.54. The van der Waals surface area contributed by atoms with Crippen LogP contribution in [0.2, 0.25) is 0 Å². The van der Waals surface area contributed by atoms with Crippen molar-refractivity contribution >= 4 is 11.4 Å². The Bertz CT molecular complexity index is 687. The second-order valence-electron chi connectivity index (χ2n) is 4.08. The Morgan fingerprint density at radius 2 is 1.95 bits per heavy atom. The van der Waals surface area contributed by atoms with Crippen LogP contribution in [-0.2, 0) is 0 Å². The van der Waals surface area contributed by atoms with Gasteiger partial charge in [-0.3, -0.25) is 4.99 Å². The van der Waals surface area contributed by atoms with Crippen molar-refractivity contribution in [1.29, 1.82) is 0 Å². The van der Waals surface area contributed by atoms with Crippen LogP contribution in [0, 0.1) is 12.7 Å². The summed E-state index contributed by atoms with van der Waals surface area (Å²) >= 11 is 0. The smallest absolute Gasteiger partial charge is 0.348 e. The minimum absolute atomic E-state index is 0.00919. The molecule has 0 fully saturated rings. The molecule has 0 saturated carbocycles. The van der Waals surface area contributed by atoms with Crippen molar-refractivity contribution in [2.24, 2.45) is 4.99 Å². The molecule has 0 unspecified atom stereocenters. The van der Waals surface area contributed by atoms with Crippen molar-refractivity contribution in [2.75, 3.05) is 0 Å². The van der Waals surface area contributed by atoms with Crippen LogP contribution in [0.15, 0.2) is 44.5 Å². The van der Waals surface area contributed by atoms with E-state index < -0.39 is 5.63 Å². The number of hydrogen-bond acceptors (Lipinski definition) is 4. The summed E-state index contributed by atoms with van der Waals surface area (Å²) in [5.41, 5.74) is 0.145. The van der Waals surface area contributed by atoms with Gasteiger partial charge in [0, 0.05) is 6.07 Å². The quantitative estimate of drug-likeness (QED) is 0.845. The zero-order valence-corrected chi connectivity index (χ0v) is 10.5. The number of aryl methyl sites for hydroxylation is 1. The number of hydrogen-bond donors (Lipinski definition) is 1. The summed E-state index contributed by atoms with van der Waals surface area (Å²) in [6.45, 7) is 3.14. The Hall–Kier alpha value is -2.43. The number of rotatable bonds is 2. The molecule has 0 aliphatic carbocycles. The van der Waals surface area contributed by atoms with Gasteiger partial charge in [-0.15, -0.1) is 0 Å². The number of aromatic hydroxyl groups is 1. The first-order valence-corrected chi connectivity index (χ1v) is 5.62. The lowest BCUT2D eigenvalue weighted by Crippen LogP contribution is -2.12. The Morgan fingerprint density at radius 1 is 1.32 bits per heavy atom. The van der Waals surface area contributed by atoms with Gasteiger partial charge >= 0.3 is 5.63 Å². The van der Waals surface area contributed by atoms with E-state index in [1.807, 2.05) is 0 Å². The number of aliphatic imine (C=N–C) groups is 1. The predicted molar refractivity (Wildman–Crippen MR) is 69.7 cm³/mol. The molecule has 0 saturated heterocycles. The molecule has 1 aromatic heterocycles. The van der Waals surface area contributed by atoms with Crippen LogP contribution in [-0.4, -0.2) is 10.8 Å². The van der Waals surface area contributed by atoms with Gasteiger partial charge in [-0.05, 0) is 38.1 Å². The number of halogens is 1. The van der Waals surface area contributed by atoms with Gasteiger partial charge in [0.25, 0.3) is 0 Å². The van der Waals surface area contributed by atoms with Gasteiger partial charge in [-0.25, -0.2) is 9.18 Å². The summed E-state index contributed by atoms with van der Waals surface area (Å²) in [5.74, 6) is -0.229. The van der Waals surface area contributed by atoms with E-state index in [9.17, 15) is 14.3 Å². The molecule has 4 nitrogen and oxygen atoms in total. The van der Waals surface area contributed by atoms with Crippen LogP contribution >= 0.6 is 0 Å². The molecule has 19 heavy (non-hydrogen) atoms. The molecule has 1 N–H and O–H groups in total. The SMILES string of the molecule is CC(=Nc1ccc(F)cc1)c1c(O)cc(C)oc1=O. The zero-order valence-electron chi connectivity index (χ0n) is 10.5. The maximum atomic E-state index is 12.8. The van der Waals surface area contributed by atoms with E-state index in [2.05, 4.69) is 4.99 Å². The van der Waals surface area contributed by atoms with E-state index in [1.165, 1.54) is 30.3 Å². The largest absolute Gasteiger partial charge is 0.507 e. The highest BCUT2D eigenvalue weighted by Gasteiger charge is 2.12. The highest BCUT2D eigenvalue weighted by molar-refractivity contribution is 6.01. The normalized spacial score (nSPS) is 11.6. The molecule has 0 aliphatic heterocycles. The fourth-order valence-electron chi connectivity index (χ4n) is 1.69. The Labute approximate surface area is 108 Å². The zero-order chi connectivity index (χ0) is 14.0. The molecule has 1 heterocycles. The third-order valence-electron chi connectivity index (χ3n) is 2.54. The maximum absolute atomic E-state index is 12.8. The van der Waals surface area contributed by atoms with Gasteiger partial charge in [0.05, 0.1) is 11.4 Å². The lowest BCUT2D eigenvalue weighted by molar-refractivity contribution is 0.432. The van der Waals surface area contributed by atoms with Gasteiger partial charge in [0.1, 0.15) is 22.9 Å². The van der Waals surface area contributed by atoms with Crippen LogP contribution in [0.25, 0.3) is 0 Å². The van der Waals surface area contributed by atoms with Crippen LogP contribution in [0.4, 0.5) is 10.1 Å². The molecule has 0 aliphatic rings. The second-order valence-corrected chi connectivity index (χ2v) is 4.08. The fourth-order valence-corrected chi connectivity index (χ4v) is 1.69. The van der Waals surface area contributed by atoms with Gasteiger partial charge < -0.3 is 9.52 Å². The van der Waals surface area contributed by atoms with Crippen molar-refractivity contribution in [3.63, 3.8) is 0 Å². The Kier molecular flexibility index (Phi) is 3.46. The van der Waals surface area contributed by atoms with E-state index in [1.54, 1.807) is 13.8 Å². The highest BCUT2D eigenvalue weighted by Crippen LogP contribution is 2.19. The molecule has 0 radical (unpaired) electrons. The van der Waals surface area contributed by atoms with Crippen molar-refractivity contribution in [3.8, 4) is 5.75 Å². The van der Waals surface area contributed by atoms with Gasteiger partial charge in [0.15, 0.2) is 0 Å². The fraction of sp³-hybridized carbons (Fsp3) is 0.143. The van der Waals surface area contributed by atoms with Crippen LogP contribution in [0.1, 0.15) is 18.2 Å². The predicted octanol–water partition coefficient (Wildman–Crippen LogP) is 2.93. The molecule has 1 aromatic carbocycles. The standard InChI is InChI=1S/C14H12FNO3/c1-8-7-12(17)13(14(18)19-8)9(2)16-11-5-3-10(15)4-6-11/h3-7,17H,1-2H3. The Balaban J connectivity index is 2.47. The highest BCUT2D eigenvalue weighted by atomic mass is 19.1. The van der Waals surface area contributed by atoms with E-state index in [0.29, 0.717) is 17.2 Å². The summed E-state index contributed by atoms with van der Waals surface area (Å²) in [6.07, 6.45) is 0. The first-order chi connectivity index (χ1) is 8.97. The molecule has 0 spiro atoms. The monoisotopic (exact) mass is 261 g/mol. The lowest BCUT2D eigenvalue weighted by Gasteiger charge is -2.03. The van der Waals surface area contributed by atoms with Gasteiger partial charge in [-0.2, -0.15) is 0 Å². The second kappa shape index (κ2) is 5.06. The minimum atomic E-state index is -0.652. The minimum Gasteiger partial charge on any atom is -0.507 e. The molecular weight excluding hydrogens is 249 g/mol. The van der Waals surface area contributed by atoms with Crippen molar-refractivity contribution in [1.82, 2.24) is 0 Å². The first-order valence-electron chi connectivity index (χ1n) is 5.62. The van der Waals surface area contributed by atoms with Crippen molar-refractivity contribution < 1.29 is 13.9 Å². The average molecular weight is 261 g/mol.